The third kappa shape index (κ3) is 2.53. The van der Waals surface area contributed by atoms with E-state index in [1.54, 1.807) is 10.9 Å². The van der Waals surface area contributed by atoms with Gasteiger partial charge in [0.15, 0.2) is 5.75 Å². The fourth-order valence-corrected chi connectivity index (χ4v) is 1.70. The first-order chi connectivity index (χ1) is 7.63. The number of carbonyl (C=O) groups is 1. The van der Waals surface area contributed by atoms with Crippen LogP contribution in [0, 0.1) is 5.41 Å². The Balaban J connectivity index is 1.85. The fraction of sp³-hybridized carbons (Fsp3) is 0.636. The van der Waals surface area contributed by atoms with E-state index < -0.39 is 5.97 Å². The third-order valence-corrected chi connectivity index (χ3v) is 2.96. The van der Waals surface area contributed by atoms with Crippen molar-refractivity contribution >= 4 is 5.97 Å². The molecule has 0 aliphatic heterocycles. The SMILES string of the molecule is CCn1cc(OCC2(CC(=O)O)CC2)cn1. The van der Waals surface area contributed by atoms with Gasteiger partial charge in [0.25, 0.3) is 0 Å². The van der Waals surface area contributed by atoms with Crippen LogP contribution < -0.4 is 4.74 Å². The van der Waals surface area contributed by atoms with E-state index in [0.29, 0.717) is 6.61 Å². The summed E-state index contributed by atoms with van der Waals surface area (Å²) in [7, 11) is 0. The van der Waals surface area contributed by atoms with Crippen molar-refractivity contribution in [3.8, 4) is 5.75 Å². The quantitative estimate of drug-likeness (QED) is 0.796. The predicted molar refractivity (Wildman–Crippen MR) is 57.3 cm³/mol. The summed E-state index contributed by atoms with van der Waals surface area (Å²) in [6, 6.07) is 0. The number of ether oxygens (including phenoxy) is 1. The Kier molecular flexibility index (Phi) is 2.85. The standard InChI is InChI=1S/C11H16N2O3/c1-2-13-7-9(6-12-13)16-8-11(3-4-11)5-10(14)15/h6-7H,2-5,8H2,1H3,(H,14,15). The Morgan fingerprint density at radius 2 is 2.44 bits per heavy atom. The first-order valence-electron chi connectivity index (χ1n) is 5.51. The maximum Gasteiger partial charge on any atom is 0.304 e. The van der Waals surface area contributed by atoms with Crippen molar-refractivity contribution in [3.63, 3.8) is 0 Å². The summed E-state index contributed by atoms with van der Waals surface area (Å²) in [5.41, 5.74) is -0.125. The van der Waals surface area contributed by atoms with Gasteiger partial charge in [-0.15, -0.1) is 0 Å². The molecule has 0 amide bonds. The van der Waals surface area contributed by atoms with Crippen LogP contribution in [-0.2, 0) is 11.3 Å². The summed E-state index contributed by atoms with van der Waals surface area (Å²) in [5.74, 6) is -0.0242. The second-order valence-corrected chi connectivity index (χ2v) is 4.39. The Hall–Kier alpha value is -1.52. The lowest BCUT2D eigenvalue weighted by atomic mass is 10.0. The van der Waals surface area contributed by atoms with E-state index in [-0.39, 0.29) is 11.8 Å². The second kappa shape index (κ2) is 4.15. The summed E-state index contributed by atoms with van der Waals surface area (Å²) >= 11 is 0. The zero-order chi connectivity index (χ0) is 11.6. The van der Waals surface area contributed by atoms with E-state index in [0.717, 1.165) is 25.1 Å². The van der Waals surface area contributed by atoms with Crippen LogP contribution in [-0.4, -0.2) is 27.5 Å². The summed E-state index contributed by atoms with van der Waals surface area (Å²) in [6.07, 6.45) is 5.59. The van der Waals surface area contributed by atoms with Crippen LogP contribution in [0.3, 0.4) is 0 Å². The number of aliphatic carboxylic acids is 1. The van der Waals surface area contributed by atoms with Crippen molar-refractivity contribution in [2.75, 3.05) is 6.61 Å². The molecule has 1 heterocycles. The lowest BCUT2D eigenvalue weighted by Crippen LogP contribution is -2.17. The molecule has 0 saturated heterocycles. The van der Waals surface area contributed by atoms with Crippen LogP contribution in [0.25, 0.3) is 0 Å². The molecule has 1 aromatic heterocycles. The number of carboxylic acids is 1. The highest BCUT2D eigenvalue weighted by Gasteiger charge is 2.45. The van der Waals surface area contributed by atoms with Crippen LogP contribution in [0.15, 0.2) is 12.4 Å². The van der Waals surface area contributed by atoms with Gasteiger partial charge in [0.05, 0.1) is 25.4 Å². The largest absolute Gasteiger partial charge is 0.490 e. The minimum atomic E-state index is -0.745. The van der Waals surface area contributed by atoms with E-state index in [2.05, 4.69) is 5.10 Å². The lowest BCUT2D eigenvalue weighted by molar-refractivity contribution is -0.138. The molecule has 0 radical (unpaired) electrons. The van der Waals surface area contributed by atoms with Crippen LogP contribution in [0.4, 0.5) is 0 Å². The number of rotatable bonds is 6. The summed E-state index contributed by atoms with van der Waals surface area (Å²) in [6.45, 7) is 3.29. The summed E-state index contributed by atoms with van der Waals surface area (Å²) in [4.78, 5) is 10.6. The summed E-state index contributed by atoms with van der Waals surface area (Å²) < 4.78 is 7.35. The van der Waals surface area contributed by atoms with Gasteiger partial charge in [-0.05, 0) is 19.8 Å². The number of hydrogen-bond acceptors (Lipinski definition) is 3. The first-order valence-corrected chi connectivity index (χ1v) is 5.51. The first kappa shape index (κ1) is 11.0. The molecule has 1 fully saturated rings. The Morgan fingerprint density at radius 1 is 1.69 bits per heavy atom. The lowest BCUT2D eigenvalue weighted by Gasteiger charge is -2.12. The van der Waals surface area contributed by atoms with E-state index >= 15 is 0 Å². The molecule has 1 aliphatic carbocycles. The predicted octanol–water partition coefficient (Wildman–Crippen LogP) is 1.54. The van der Waals surface area contributed by atoms with Crippen LogP contribution >= 0.6 is 0 Å². The van der Waals surface area contributed by atoms with Crippen molar-refractivity contribution in [2.45, 2.75) is 32.7 Å². The molecule has 1 aromatic rings. The Labute approximate surface area is 94.0 Å². The molecule has 1 N–H and O–H groups in total. The molecule has 0 aromatic carbocycles. The minimum absolute atomic E-state index is 0.125. The smallest absolute Gasteiger partial charge is 0.304 e. The summed E-state index contributed by atoms with van der Waals surface area (Å²) in [5, 5.41) is 12.8. The molecule has 0 atom stereocenters. The molecule has 2 rings (SSSR count). The molecule has 1 saturated carbocycles. The van der Waals surface area contributed by atoms with Gasteiger partial charge < -0.3 is 9.84 Å². The molecule has 88 valence electrons. The highest BCUT2D eigenvalue weighted by molar-refractivity contribution is 5.68. The topological polar surface area (TPSA) is 64.3 Å². The zero-order valence-electron chi connectivity index (χ0n) is 9.35. The minimum Gasteiger partial charge on any atom is -0.490 e. The van der Waals surface area contributed by atoms with Crippen LogP contribution in [0.1, 0.15) is 26.2 Å². The average molecular weight is 224 g/mol. The van der Waals surface area contributed by atoms with E-state index in [4.69, 9.17) is 9.84 Å². The number of carboxylic acid groups (broad SMARTS) is 1. The molecule has 5 nitrogen and oxygen atoms in total. The van der Waals surface area contributed by atoms with Gasteiger partial charge in [-0.25, -0.2) is 0 Å². The maximum atomic E-state index is 10.6. The normalized spacial score (nSPS) is 17.1. The Morgan fingerprint density at radius 3 is 2.94 bits per heavy atom. The molecule has 0 unspecified atom stereocenters. The van der Waals surface area contributed by atoms with Crippen molar-refractivity contribution in [2.24, 2.45) is 5.41 Å². The van der Waals surface area contributed by atoms with Gasteiger partial charge in [0, 0.05) is 12.0 Å². The van der Waals surface area contributed by atoms with Gasteiger partial charge in [0.1, 0.15) is 0 Å². The fourth-order valence-electron chi connectivity index (χ4n) is 1.70. The molecular formula is C11H16N2O3. The zero-order valence-corrected chi connectivity index (χ0v) is 9.35. The second-order valence-electron chi connectivity index (χ2n) is 4.39. The number of nitrogens with zero attached hydrogens (tertiary/aromatic N) is 2. The maximum absolute atomic E-state index is 10.6. The van der Waals surface area contributed by atoms with Crippen molar-refractivity contribution < 1.29 is 14.6 Å². The van der Waals surface area contributed by atoms with Crippen LogP contribution in [0.5, 0.6) is 5.75 Å². The highest BCUT2D eigenvalue weighted by atomic mass is 16.5. The molecule has 0 bridgehead atoms. The number of aromatic nitrogens is 2. The highest BCUT2D eigenvalue weighted by Crippen LogP contribution is 2.48. The van der Waals surface area contributed by atoms with Crippen molar-refractivity contribution in [1.29, 1.82) is 0 Å². The Bertz CT molecular complexity index is 382. The van der Waals surface area contributed by atoms with Crippen LogP contribution in [0.2, 0.25) is 0 Å². The molecule has 0 spiro atoms. The van der Waals surface area contributed by atoms with E-state index in [1.807, 2.05) is 13.1 Å². The molecule has 16 heavy (non-hydrogen) atoms. The van der Waals surface area contributed by atoms with Crippen molar-refractivity contribution in [3.05, 3.63) is 12.4 Å². The van der Waals surface area contributed by atoms with Gasteiger partial charge in [-0.1, -0.05) is 0 Å². The van der Waals surface area contributed by atoms with Crippen molar-refractivity contribution in [1.82, 2.24) is 9.78 Å². The number of hydrogen-bond donors (Lipinski definition) is 1. The van der Waals surface area contributed by atoms with E-state index in [1.165, 1.54) is 0 Å². The molecule has 1 aliphatic rings. The van der Waals surface area contributed by atoms with Gasteiger partial charge in [0.2, 0.25) is 0 Å². The van der Waals surface area contributed by atoms with Gasteiger partial charge >= 0.3 is 5.97 Å². The third-order valence-electron chi connectivity index (χ3n) is 2.96. The number of aryl methyl sites for hydroxylation is 1. The van der Waals surface area contributed by atoms with E-state index in [9.17, 15) is 4.79 Å². The molecule has 5 heteroatoms. The van der Waals surface area contributed by atoms with Gasteiger partial charge in [-0.3, -0.25) is 9.48 Å². The monoisotopic (exact) mass is 224 g/mol. The average Bonchev–Trinajstić information content (AvgIpc) is 2.83. The molecular weight excluding hydrogens is 208 g/mol. The van der Waals surface area contributed by atoms with Gasteiger partial charge in [-0.2, -0.15) is 5.10 Å².